The van der Waals surface area contributed by atoms with Gasteiger partial charge >= 0.3 is 5.97 Å². The number of benzene rings is 1. The van der Waals surface area contributed by atoms with E-state index in [0.29, 0.717) is 34.9 Å². The summed E-state index contributed by atoms with van der Waals surface area (Å²) < 4.78 is 3.17. The Morgan fingerprint density at radius 3 is 2.27 bits per heavy atom. The molecule has 3 aromatic heterocycles. The quantitative estimate of drug-likeness (QED) is 0.0872. The number of carboxylic acids is 1. The average molecular weight is 671 g/mol. The molecule has 12 nitrogen and oxygen atoms in total. The second-order valence-corrected chi connectivity index (χ2v) is 13.3. The summed E-state index contributed by atoms with van der Waals surface area (Å²) in [7, 11) is 0. The van der Waals surface area contributed by atoms with Crippen LogP contribution in [0, 0.1) is 0 Å². The third-order valence-electron chi connectivity index (χ3n) is 9.03. The van der Waals surface area contributed by atoms with E-state index in [1.807, 2.05) is 12.1 Å². The van der Waals surface area contributed by atoms with E-state index in [4.69, 9.17) is 10.1 Å². The lowest BCUT2D eigenvalue weighted by Gasteiger charge is -2.36. The highest BCUT2D eigenvalue weighted by atomic mass is 16.4. The Kier molecular flexibility index (Phi) is 12.2. The topological polar surface area (TPSA) is 142 Å². The van der Waals surface area contributed by atoms with Gasteiger partial charge in [-0.2, -0.15) is 4.98 Å². The van der Waals surface area contributed by atoms with Gasteiger partial charge in [0.05, 0.1) is 12.2 Å². The van der Waals surface area contributed by atoms with Crippen molar-refractivity contribution in [2.45, 2.75) is 83.8 Å². The molecular weight excluding hydrogens is 620 g/mol. The highest BCUT2D eigenvalue weighted by Gasteiger charge is 2.22. The molecule has 4 aromatic rings. The molecule has 0 amide bonds. The number of anilines is 3. The number of unbranched alkanes of at least 4 members (excludes halogenated alkanes) is 7. The van der Waals surface area contributed by atoms with Gasteiger partial charge in [-0.25, -0.2) is 19.3 Å². The minimum Gasteiger partial charge on any atom is -0.481 e. The first-order valence-corrected chi connectivity index (χ1v) is 17.5. The van der Waals surface area contributed by atoms with Crippen LogP contribution in [0.25, 0.3) is 16.9 Å². The molecule has 1 aliphatic rings. The van der Waals surface area contributed by atoms with Crippen LogP contribution in [-0.2, 0) is 16.9 Å². The first-order valence-electron chi connectivity index (χ1n) is 17.5. The van der Waals surface area contributed by atoms with Crippen molar-refractivity contribution in [3.8, 4) is 5.82 Å². The van der Waals surface area contributed by atoms with Crippen LogP contribution in [0.2, 0.25) is 0 Å². The predicted molar refractivity (Wildman–Crippen MR) is 194 cm³/mol. The lowest BCUT2D eigenvalue weighted by atomic mass is 10.1. The molecule has 0 radical (unpaired) electrons. The van der Waals surface area contributed by atoms with Crippen LogP contribution in [0.5, 0.6) is 0 Å². The van der Waals surface area contributed by atoms with Gasteiger partial charge in [0.2, 0.25) is 5.95 Å². The zero-order chi connectivity index (χ0) is 34.8. The fraction of sp³-hybridized carbons (Fsp3) is 0.486. The molecule has 262 valence electrons. The smallest absolute Gasteiger partial charge is 0.303 e. The van der Waals surface area contributed by atoms with Gasteiger partial charge in [-0.05, 0) is 69.6 Å². The molecule has 4 heterocycles. The molecule has 1 saturated heterocycles. The fourth-order valence-corrected chi connectivity index (χ4v) is 6.28. The van der Waals surface area contributed by atoms with Crippen molar-refractivity contribution in [1.82, 2.24) is 29.2 Å². The summed E-state index contributed by atoms with van der Waals surface area (Å²) in [6.07, 6.45) is 12.6. The van der Waals surface area contributed by atoms with Gasteiger partial charge in [0.25, 0.3) is 5.56 Å². The summed E-state index contributed by atoms with van der Waals surface area (Å²) in [6, 6.07) is 13.6. The highest BCUT2D eigenvalue weighted by molar-refractivity contribution is 5.77. The Bertz CT molecular complexity index is 1750. The normalized spacial score (nSPS) is 14.0. The molecule has 0 bridgehead atoms. The van der Waals surface area contributed by atoms with E-state index in [2.05, 4.69) is 43.8 Å². The predicted octanol–water partition coefficient (Wildman–Crippen LogP) is 5.85. The Balaban J connectivity index is 1.14. The van der Waals surface area contributed by atoms with Crippen LogP contribution in [0.3, 0.4) is 0 Å². The van der Waals surface area contributed by atoms with Crippen molar-refractivity contribution in [2.75, 3.05) is 42.9 Å². The molecule has 0 spiro atoms. The fourth-order valence-electron chi connectivity index (χ4n) is 6.28. The third kappa shape index (κ3) is 9.54. The van der Waals surface area contributed by atoms with Gasteiger partial charge in [-0.15, -0.1) is 6.58 Å². The summed E-state index contributed by atoms with van der Waals surface area (Å²) in [5.41, 5.74) is 1.49. The zero-order valence-electron chi connectivity index (χ0n) is 28.9. The number of hydrogen-bond donors (Lipinski definition) is 3. The van der Waals surface area contributed by atoms with Crippen molar-refractivity contribution in [3.05, 3.63) is 77.4 Å². The van der Waals surface area contributed by atoms with Crippen LogP contribution in [0.15, 0.2) is 66.1 Å². The lowest BCUT2D eigenvalue weighted by Crippen LogP contribution is -2.46. The Labute approximate surface area is 288 Å². The van der Waals surface area contributed by atoms with E-state index in [1.165, 1.54) is 48.7 Å². The number of rotatable bonds is 18. The molecule has 1 aromatic carbocycles. The molecule has 12 heteroatoms. The molecule has 3 N–H and O–H groups in total. The molecule has 49 heavy (non-hydrogen) atoms. The molecular formula is C37H50N8O4. The molecule has 0 unspecified atom stereocenters. The van der Waals surface area contributed by atoms with Crippen molar-refractivity contribution in [3.63, 3.8) is 0 Å². The Morgan fingerprint density at radius 2 is 1.61 bits per heavy atom. The second kappa shape index (κ2) is 16.7. The number of pyridine rings is 1. The number of fused-ring (bicyclic) bond motifs is 1. The monoisotopic (exact) mass is 670 g/mol. The molecule has 0 aliphatic carbocycles. The maximum absolute atomic E-state index is 13.3. The lowest BCUT2D eigenvalue weighted by molar-refractivity contribution is -0.137. The van der Waals surface area contributed by atoms with E-state index in [9.17, 15) is 14.7 Å². The van der Waals surface area contributed by atoms with Gasteiger partial charge in [-0.1, -0.05) is 50.7 Å². The SMILES string of the molecule is C=CCn1c(=O)c2cnc(Nc3ccc(N4CCN(CCCCCCCCCCC(=O)O)CC4)cc3)nc2n1-c1cccc(C(C)(C)O)n1. The van der Waals surface area contributed by atoms with Gasteiger partial charge in [0, 0.05) is 50.2 Å². The summed E-state index contributed by atoms with van der Waals surface area (Å²) in [5.74, 6) is 0.124. The van der Waals surface area contributed by atoms with Gasteiger partial charge in [0.1, 0.15) is 11.0 Å². The van der Waals surface area contributed by atoms with Gasteiger partial charge in [-0.3, -0.25) is 14.5 Å². The Morgan fingerprint density at radius 1 is 0.939 bits per heavy atom. The third-order valence-corrected chi connectivity index (χ3v) is 9.03. The largest absolute Gasteiger partial charge is 0.481 e. The zero-order valence-corrected chi connectivity index (χ0v) is 28.9. The standard InChI is InChI=1S/C37H50N8O4/c1-4-21-44-35(48)30-27-38-36(41-34(30)45(44)32-15-13-14-31(40-32)37(2,3)49)39-28-17-19-29(20-18-28)43-25-23-42(24-26-43)22-12-10-8-6-5-7-9-11-16-33(46)47/h4,13-15,17-20,27,49H,1,5-12,16,21-26H2,2-3H3,(H,46,47)(H,38,39,41). The van der Waals surface area contributed by atoms with Crippen molar-refractivity contribution < 1.29 is 15.0 Å². The number of hydrogen-bond acceptors (Lipinski definition) is 9. The van der Waals surface area contributed by atoms with Crippen LogP contribution < -0.4 is 15.8 Å². The van der Waals surface area contributed by atoms with Crippen molar-refractivity contribution in [2.24, 2.45) is 0 Å². The van der Waals surface area contributed by atoms with E-state index in [0.717, 1.165) is 57.7 Å². The summed E-state index contributed by atoms with van der Waals surface area (Å²) in [4.78, 5) is 42.7. The molecule has 5 rings (SSSR count). The number of aromatic nitrogens is 5. The second-order valence-electron chi connectivity index (χ2n) is 13.3. The number of allylic oxidation sites excluding steroid dienone is 1. The first-order chi connectivity index (χ1) is 23.6. The number of nitrogens with one attached hydrogen (secondary N) is 1. The summed E-state index contributed by atoms with van der Waals surface area (Å²) in [5, 5.41) is 22.9. The number of aliphatic hydroxyl groups is 1. The maximum Gasteiger partial charge on any atom is 0.303 e. The van der Waals surface area contributed by atoms with E-state index in [1.54, 1.807) is 42.8 Å². The van der Waals surface area contributed by atoms with E-state index >= 15 is 0 Å². The number of aliphatic carboxylic acids is 1. The molecule has 0 saturated carbocycles. The maximum atomic E-state index is 13.3. The van der Waals surface area contributed by atoms with Crippen molar-refractivity contribution in [1.29, 1.82) is 0 Å². The molecule has 1 aliphatic heterocycles. The van der Waals surface area contributed by atoms with Crippen molar-refractivity contribution >= 4 is 34.3 Å². The molecule has 0 atom stereocenters. The van der Waals surface area contributed by atoms with Crippen LogP contribution in [-0.4, -0.2) is 78.1 Å². The number of carboxylic acid groups (broad SMARTS) is 1. The van der Waals surface area contributed by atoms with E-state index < -0.39 is 11.6 Å². The Hall–Kier alpha value is -4.55. The van der Waals surface area contributed by atoms with Crippen LogP contribution in [0.1, 0.15) is 77.3 Å². The van der Waals surface area contributed by atoms with Crippen LogP contribution >= 0.6 is 0 Å². The molecule has 1 fully saturated rings. The minimum absolute atomic E-state index is 0.250. The van der Waals surface area contributed by atoms with Gasteiger partial charge in [0.15, 0.2) is 11.5 Å². The number of nitrogens with zero attached hydrogens (tertiary/aromatic N) is 7. The van der Waals surface area contributed by atoms with Gasteiger partial charge < -0.3 is 20.4 Å². The summed E-state index contributed by atoms with van der Waals surface area (Å²) in [6.45, 7) is 12.6. The summed E-state index contributed by atoms with van der Waals surface area (Å²) >= 11 is 0. The number of piperazine rings is 1. The highest BCUT2D eigenvalue weighted by Crippen LogP contribution is 2.24. The average Bonchev–Trinajstić information content (AvgIpc) is 3.36. The van der Waals surface area contributed by atoms with Crippen LogP contribution in [0.4, 0.5) is 17.3 Å². The van der Waals surface area contributed by atoms with E-state index in [-0.39, 0.29) is 12.1 Å². The minimum atomic E-state index is -1.15. The first kappa shape index (κ1) is 35.7. The number of carbonyl (C=O) groups is 1.